The van der Waals surface area contributed by atoms with Crippen LogP contribution in [0.25, 0.3) is 0 Å². The first-order valence-electron chi connectivity index (χ1n) is 5.16. The van der Waals surface area contributed by atoms with Gasteiger partial charge in [0.15, 0.2) is 0 Å². The first kappa shape index (κ1) is 13.1. The lowest BCUT2D eigenvalue weighted by molar-refractivity contribution is 0.624. The highest BCUT2D eigenvalue weighted by molar-refractivity contribution is 7.84. The average molecular weight is 238 g/mol. The van der Waals surface area contributed by atoms with Crippen molar-refractivity contribution in [1.82, 2.24) is 9.71 Å². The summed E-state index contributed by atoms with van der Waals surface area (Å²) in [5, 5.41) is 0. The lowest BCUT2D eigenvalue weighted by atomic mass is 10.2. The molecule has 1 aromatic rings. The van der Waals surface area contributed by atoms with Crippen molar-refractivity contribution in [3.63, 3.8) is 0 Å². The monoisotopic (exact) mass is 238 g/mol. The zero-order chi connectivity index (χ0) is 12.2. The van der Waals surface area contributed by atoms with Crippen LogP contribution >= 0.6 is 0 Å². The molecule has 0 spiro atoms. The molecule has 0 radical (unpaired) electrons. The molecule has 88 valence electrons. The van der Waals surface area contributed by atoms with Crippen LogP contribution in [-0.2, 0) is 11.0 Å². The fourth-order valence-corrected chi connectivity index (χ4v) is 1.88. The zero-order valence-corrected chi connectivity index (χ0v) is 10.8. The van der Waals surface area contributed by atoms with Gasteiger partial charge in [-0.1, -0.05) is 12.1 Å². The number of aromatic nitrogens is 1. The Morgan fingerprint density at radius 3 is 2.62 bits per heavy atom. The molecule has 4 heteroatoms. The van der Waals surface area contributed by atoms with Gasteiger partial charge in [0.05, 0.1) is 27.5 Å². The molecule has 1 N–H and O–H groups in total. The molecule has 0 aliphatic carbocycles. The van der Waals surface area contributed by atoms with E-state index in [0.29, 0.717) is 0 Å². The van der Waals surface area contributed by atoms with E-state index in [1.807, 2.05) is 39.0 Å². The summed E-state index contributed by atoms with van der Waals surface area (Å²) in [6, 6.07) is 5.46. The highest BCUT2D eigenvalue weighted by Crippen LogP contribution is 2.16. The Labute approximate surface area is 99.6 Å². The topological polar surface area (TPSA) is 42.0 Å². The first-order chi connectivity index (χ1) is 7.45. The molecule has 0 saturated heterocycles. The number of nitrogens with one attached hydrogen (secondary N) is 1. The number of rotatable bonds is 4. The van der Waals surface area contributed by atoms with Gasteiger partial charge in [-0.15, -0.1) is 6.58 Å². The van der Waals surface area contributed by atoms with Gasteiger partial charge in [0.25, 0.3) is 0 Å². The van der Waals surface area contributed by atoms with Crippen LogP contribution in [0.3, 0.4) is 0 Å². The highest BCUT2D eigenvalue weighted by atomic mass is 32.2. The molecule has 0 aromatic carbocycles. The van der Waals surface area contributed by atoms with Crippen LogP contribution in [0.4, 0.5) is 0 Å². The van der Waals surface area contributed by atoms with Crippen molar-refractivity contribution in [2.75, 3.05) is 0 Å². The summed E-state index contributed by atoms with van der Waals surface area (Å²) in [6.07, 6.45) is 3.43. The lowest BCUT2D eigenvalue weighted by Gasteiger charge is -2.21. The van der Waals surface area contributed by atoms with Crippen LogP contribution in [0.2, 0.25) is 0 Å². The lowest BCUT2D eigenvalue weighted by Crippen LogP contribution is -2.35. The van der Waals surface area contributed by atoms with Crippen molar-refractivity contribution in [1.29, 1.82) is 0 Å². The summed E-state index contributed by atoms with van der Waals surface area (Å²) in [4.78, 5) is 4.22. The van der Waals surface area contributed by atoms with Crippen molar-refractivity contribution in [3.8, 4) is 0 Å². The van der Waals surface area contributed by atoms with E-state index in [-0.39, 0.29) is 10.8 Å². The van der Waals surface area contributed by atoms with Crippen molar-refractivity contribution >= 4 is 11.0 Å². The second kappa shape index (κ2) is 5.37. The standard InChI is InChI=1S/C12H18N2OS/c1-5-10(11-8-6-7-9-13-11)14-16(15)12(2,3)4/h5-10,14H,1H2,2-4H3/t10-,16?/m1/s1. The van der Waals surface area contributed by atoms with Gasteiger partial charge in [0, 0.05) is 6.20 Å². The predicted octanol–water partition coefficient (Wildman–Crippen LogP) is 2.36. The number of hydrogen-bond acceptors (Lipinski definition) is 2. The first-order valence-corrected chi connectivity index (χ1v) is 6.31. The SMILES string of the molecule is C=C[C@@H](NS(=O)C(C)(C)C)c1ccccn1. The Morgan fingerprint density at radius 1 is 1.50 bits per heavy atom. The van der Waals surface area contributed by atoms with Crippen LogP contribution in [0, 0.1) is 0 Å². The molecular formula is C12H18N2OS. The summed E-state index contributed by atoms with van der Waals surface area (Å²) in [5.41, 5.74) is 0.829. The molecule has 0 amide bonds. The van der Waals surface area contributed by atoms with E-state index >= 15 is 0 Å². The van der Waals surface area contributed by atoms with E-state index in [2.05, 4.69) is 16.3 Å². The maximum Gasteiger partial charge on any atom is 0.0979 e. The minimum Gasteiger partial charge on any atom is -0.259 e. The molecule has 16 heavy (non-hydrogen) atoms. The van der Waals surface area contributed by atoms with Crippen molar-refractivity contribution in [2.24, 2.45) is 0 Å². The van der Waals surface area contributed by atoms with Gasteiger partial charge in [-0.2, -0.15) is 0 Å². The zero-order valence-electron chi connectivity index (χ0n) is 9.93. The summed E-state index contributed by atoms with van der Waals surface area (Å²) >= 11 is 0. The quantitative estimate of drug-likeness (QED) is 0.818. The van der Waals surface area contributed by atoms with Gasteiger partial charge in [0.1, 0.15) is 0 Å². The van der Waals surface area contributed by atoms with Crippen molar-refractivity contribution in [3.05, 3.63) is 42.7 Å². The van der Waals surface area contributed by atoms with Crippen LogP contribution in [0.1, 0.15) is 32.5 Å². The molecule has 1 heterocycles. The van der Waals surface area contributed by atoms with E-state index in [9.17, 15) is 4.21 Å². The average Bonchev–Trinajstić information content (AvgIpc) is 2.25. The fraction of sp³-hybridized carbons (Fsp3) is 0.417. The Balaban J connectivity index is 2.79. The Morgan fingerprint density at radius 2 is 2.19 bits per heavy atom. The molecule has 0 aliphatic rings. The maximum atomic E-state index is 11.9. The smallest absolute Gasteiger partial charge is 0.0979 e. The van der Waals surface area contributed by atoms with Crippen LogP contribution in [-0.4, -0.2) is 13.9 Å². The van der Waals surface area contributed by atoms with Gasteiger partial charge >= 0.3 is 0 Å². The molecule has 0 bridgehead atoms. The van der Waals surface area contributed by atoms with E-state index in [1.165, 1.54) is 0 Å². The fourth-order valence-electron chi connectivity index (χ4n) is 1.08. The van der Waals surface area contributed by atoms with Crippen molar-refractivity contribution in [2.45, 2.75) is 31.6 Å². The van der Waals surface area contributed by atoms with Gasteiger partial charge in [-0.05, 0) is 32.9 Å². The molecule has 1 rings (SSSR count). The van der Waals surface area contributed by atoms with Gasteiger partial charge < -0.3 is 0 Å². The van der Waals surface area contributed by atoms with Crippen LogP contribution in [0.15, 0.2) is 37.1 Å². The summed E-state index contributed by atoms with van der Waals surface area (Å²) < 4.78 is 14.7. The summed E-state index contributed by atoms with van der Waals surface area (Å²) in [5.74, 6) is 0. The second-order valence-electron chi connectivity index (χ2n) is 4.47. The minimum atomic E-state index is -1.13. The predicted molar refractivity (Wildman–Crippen MR) is 68.2 cm³/mol. The third-order valence-electron chi connectivity index (χ3n) is 2.03. The molecule has 1 aromatic heterocycles. The number of nitrogens with zero attached hydrogens (tertiary/aromatic N) is 1. The summed E-state index contributed by atoms with van der Waals surface area (Å²) in [6.45, 7) is 9.51. The van der Waals surface area contributed by atoms with Gasteiger partial charge in [-0.3, -0.25) is 4.98 Å². The summed E-state index contributed by atoms with van der Waals surface area (Å²) in [7, 11) is -1.13. The minimum absolute atomic E-state index is 0.179. The molecule has 1 unspecified atom stereocenters. The highest BCUT2D eigenvalue weighted by Gasteiger charge is 2.22. The number of pyridine rings is 1. The molecule has 3 nitrogen and oxygen atoms in total. The molecule has 0 aliphatic heterocycles. The van der Waals surface area contributed by atoms with Crippen LogP contribution < -0.4 is 4.72 Å². The largest absolute Gasteiger partial charge is 0.259 e. The van der Waals surface area contributed by atoms with E-state index in [1.54, 1.807) is 12.3 Å². The third kappa shape index (κ3) is 3.54. The Hall–Kier alpha value is -1.00. The molecular weight excluding hydrogens is 220 g/mol. The van der Waals surface area contributed by atoms with E-state index in [4.69, 9.17) is 0 Å². The second-order valence-corrected chi connectivity index (χ2v) is 6.46. The maximum absolute atomic E-state index is 11.9. The Bertz CT molecular complexity index is 370. The van der Waals surface area contributed by atoms with Gasteiger partial charge in [0.2, 0.25) is 0 Å². The van der Waals surface area contributed by atoms with E-state index in [0.717, 1.165) is 5.69 Å². The normalized spacial score (nSPS) is 15.4. The third-order valence-corrected chi connectivity index (χ3v) is 3.61. The van der Waals surface area contributed by atoms with E-state index < -0.39 is 11.0 Å². The molecule has 0 fully saturated rings. The Kier molecular flexibility index (Phi) is 4.38. The van der Waals surface area contributed by atoms with Crippen molar-refractivity contribution < 1.29 is 4.21 Å². The number of hydrogen-bond donors (Lipinski definition) is 1. The van der Waals surface area contributed by atoms with Gasteiger partial charge in [-0.25, -0.2) is 8.93 Å². The van der Waals surface area contributed by atoms with Crippen LogP contribution in [0.5, 0.6) is 0 Å². The molecule has 0 saturated carbocycles. The molecule has 2 atom stereocenters.